The molecule has 4 rings (SSSR count). The first kappa shape index (κ1) is 23.4. The predicted molar refractivity (Wildman–Crippen MR) is 130 cm³/mol. The molecule has 178 valence electrons. The largest absolute Gasteiger partial charge is 0.493 e. The summed E-state index contributed by atoms with van der Waals surface area (Å²) < 4.78 is 11.7. The molecular weight excluding hydrogens is 450 g/mol. The van der Waals surface area contributed by atoms with Crippen LogP contribution >= 0.6 is 0 Å². The van der Waals surface area contributed by atoms with E-state index in [1.54, 1.807) is 54.6 Å². The summed E-state index contributed by atoms with van der Waals surface area (Å²) in [7, 11) is 2.99. The number of nitrogens with one attached hydrogen (secondary N) is 2. The fourth-order valence-corrected chi connectivity index (χ4v) is 3.53. The average molecular weight is 473 g/mol. The number of aromatic nitrogens is 3. The molecule has 0 unspecified atom stereocenters. The number of hydrogen-bond donors (Lipinski definition) is 2. The number of fused-ring (bicyclic) bond motifs is 1. The minimum Gasteiger partial charge on any atom is -0.493 e. The number of anilines is 1. The zero-order chi connectivity index (χ0) is 24.9. The van der Waals surface area contributed by atoms with Crippen molar-refractivity contribution in [2.45, 2.75) is 6.92 Å². The minimum atomic E-state index is -0.609. The molecule has 0 radical (unpaired) electrons. The number of rotatable bonds is 7. The topological polar surface area (TPSA) is 124 Å². The van der Waals surface area contributed by atoms with Gasteiger partial charge in [-0.25, -0.2) is 4.98 Å². The lowest BCUT2D eigenvalue weighted by atomic mass is 10.1. The monoisotopic (exact) mass is 473 g/mol. The van der Waals surface area contributed by atoms with Gasteiger partial charge in [-0.05, 0) is 37.3 Å². The third kappa shape index (κ3) is 4.96. The first-order valence-electron chi connectivity index (χ1n) is 10.7. The summed E-state index contributed by atoms with van der Waals surface area (Å²) in [5.74, 6) is 0.211. The van der Waals surface area contributed by atoms with Gasteiger partial charge in [0, 0.05) is 17.1 Å². The molecule has 2 aromatic heterocycles. The molecule has 0 saturated carbocycles. The molecule has 10 nitrogen and oxygen atoms in total. The van der Waals surface area contributed by atoms with E-state index < -0.39 is 17.4 Å². The molecule has 2 aromatic carbocycles. The second-order valence-electron chi connectivity index (χ2n) is 7.55. The van der Waals surface area contributed by atoms with E-state index >= 15 is 0 Å². The molecule has 0 bridgehead atoms. The van der Waals surface area contributed by atoms with Crippen molar-refractivity contribution < 1.29 is 19.1 Å². The quantitative estimate of drug-likeness (QED) is 0.422. The Morgan fingerprint density at radius 3 is 2.40 bits per heavy atom. The van der Waals surface area contributed by atoms with E-state index in [0.29, 0.717) is 33.8 Å². The normalized spacial score (nSPS) is 10.6. The van der Waals surface area contributed by atoms with Crippen LogP contribution in [0.4, 0.5) is 5.82 Å². The Labute approximate surface area is 200 Å². The molecule has 0 aliphatic heterocycles. The molecule has 0 saturated heterocycles. The second-order valence-corrected chi connectivity index (χ2v) is 7.55. The molecular formula is C25H23N5O5. The lowest BCUT2D eigenvalue weighted by molar-refractivity contribution is -0.115. The Morgan fingerprint density at radius 1 is 0.943 bits per heavy atom. The van der Waals surface area contributed by atoms with Crippen molar-refractivity contribution in [2.75, 3.05) is 26.1 Å². The maximum atomic E-state index is 13.2. The molecule has 0 aliphatic carbocycles. The Morgan fingerprint density at radius 2 is 1.69 bits per heavy atom. The van der Waals surface area contributed by atoms with Gasteiger partial charge < -0.3 is 20.1 Å². The van der Waals surface area contributed by atoms with Gasteiger partial charge in [0.05, 0.1) is 31.8 Å². The highest BCUT2D eigenvalue weighted by Gasteiger charge is 2.19. The van der Waals surface area contributed by atoms with E-state index in [0.717, 1.165) is 10.4 Å². The Bertz CT molecular complexity index is 1480. The summed E-state index contributed by atoms with van der Waals surface area (Å²) in [5.41, 5.74) is 0.722. The van der Waals surface area contributed by atoms with E-state index in [1.807, 2.05) is 13.0 Å². The molecule has 2 amide bonds. The number of carbonyl (C=O) groups excluding carboxylic acids is 2. The Balaban J connectivity index is 1.66. The number of benzene rings is 2. The minimum absolute atomic E-state index is 0.00327. The van der Waals surface area contributed by atoms with Crippen LogP contribution in [0.2, 0.25) is 0 Å². The summed E-state index contributed by atoms with van der Waals surface area (Å²) in [6.45, 7) is 1.50. The summed E-state index contributed by atoms with van der Waals surface area (Å²) in [6, 6.07) is 16.7. The highest BCUT2D eigenvalue weighted by atomic mass is 16.5. The van der Waals surface area contributed by atoms with E-state index in [1.165, 1.54) is 14.2 Å². The summed E-state index contributed by atoms with van der Waals surface area (Å²) in [6.07, 6.45) is 0. The summed E-state index contributed by atoms with van der Waals surface area (Å²) in [4.78, 5) is 42.8. The molecule has 10 heteroatoms. The standard InChI is InChI=1S/C25H23N5O5/c1-15-7-6-10-21(27-15)28-22(31)14-26-24(32)23-17-8-4-5-9-18(17)25(33)30(29-23)16-11-12-19(34-2)20(13-16)35-3/h4-13H,14H2,1-3H3,(H,26,32)(H,27,28,31). The molecule has 0 spiro atoms. The van der Waals surface area contributed by atoms with Crippen LogP contribution in [0.5, 0.6) is 11.5 Å². The van der Waals surface area contributed by atoms with Crippen LogP contribution in [0.1, 0.15) is 16.2 Å². The van der Waals surface area contributed by atoms with Crippen molar-refractivity contribution >= 4 is 28.4 Å². The van der Waals surface area contributed by atoms with Crippen molar-refractivity contribution in [3.05, 3.63) is 82.4 Å². The predicted octanol–water partition coefficient (Wildman–Crippen LogP) is 2.47. The van der Waals surface area contributed by atoms with E-state index in [2.05, 4.69) is 20.7 Å². The first-order valence-corrected chi connectivity index (χ1v) is 10.7. The van der Waals surface area contributed by atoms with Crippen LogP contribution in [0, 0.1) is 6.92 Å². The molecule has 4 aromatic rings. The van der Waals surface area contributed by atoms with Gasteiger partial charge in [0.15, 0.2) is 17.2 Å². The molecule has 0 aliphatic rings. The maximum absolute atomic E-state index is 13.2. The van der Waals surface area contributed by atoms with Crippen LogP contribution in [0.25, 0.3) is 16.5 Å². The third-order valence-corrected chi connectivity index (χ3v) is 5.20. The van der Waals surface area contributed by atoms with Gasteiger partial charge in [-0.15, -0.1) is 0 Å². The van der Waals surface area contributed by atoms with Gasteiger partial charge in [-0.3, -0.25) is 14.4 Å². The van der Waals surface area contributed by atoms with Crippen LogP contribution < -0.4 is 25.7 Å². The molecule has 35 heavy (non-hydrogen) atoms. The lowest BCUT2D eigenvalue weighted by Gasteiger charge is -2.13. The van der Waals surface area contributed by atoms with Gasteiger partial charge in [-0.1, -0.05) is 24.3 Å². The number of methoxy groups -OCH3 is 2. The number of amides is 2. The number of pyridine rings is 1. The fraction of sp³-hybridized carbons (Fsp3) is 0.160. The van der Waals surface area contributed by atoms with E-state index in [4.69, 9.17) is 9.47 Å². The number of aryl methyl sites for hydroxylation is 1. The molecule has 2 heterocycles. The highest BCUT2D eigenvalue weighted by Crippen LogP contribution is 2.28. The zero-order valence-electron chi connectivity index (χ0n) is 19.4. The number of nitrogens with zero attached hydrogens (tertiary/aromatic N) is 3. The Hall–Kier alpha value is -4.73. The van der Waals surface area contributed by atoms with Crippen molar-refractivity contribution in [1.82, 2.24) is 20.1 Å². The van der Waals surface area contributed by atoms with Crippen LogP contribution in [-0.4, -0.2) is 47.3 Å². The van der Waals surface area contributed by atoms with Crippen LogP contribution in [-0.2, 0) is 4.79 Å². The van der Waals surface area contributed by atoms with Gasteiger partial charge >= 0.3 is 0 Å². The average Bonchev–Trinajstić information content (AvgIpc) is 2.87. The van der Waals surface area contributed by atoms with Crippen molar-refractivity contribution in [2.24, 2.45) is 0 Å². The Kier molecular flexibility index (Phi) is 6.72. The third-order valence-electron chi connectivity index (χ3n) is 5.20. The van der Waals surface area contributed by atoms with E-state index in [-0.39, 0.29) is 12.2 Å². The first-order chi connectivity index (χ1) is 16.9. The van der Waals surface area contributed by atoms with Gasteiger partial charge in [-0.2, -0.15) is 9.78 Å². The fourth-order valence-electron chi connectivity index (χ4n) is 3.53. The SMILES string of the molecule is COc1ccc(-n2nc(C(=O)NCC(=O)Nc3cccc(C)n3)c3ccccc3c2=O)cc1OC. The van der Waals surface area contributed by atoms with Crippen LogP contribution in [0.3, 0.4) is 0 Å². The number of carbonyl (C=O) groups is 2. The van der Waals surface area contributed by atoms with Crippen molar-refractivity contribution in [3.8, 4) is 17.2 Å². The maximum Gasteiger partial charge on any atom is 0.279 e. The molecule has 0 atom stereocenters. The van der Waals surface area contributed by atoms with Gasteiger partial charge in [0.1, 0.15) is 5.82 Å². The van der Waals surface area contributed by atoms with Gasteiger partial charge in [0.25, 0.3) is 11.5 Å². The summed E-state index contributed by atoms with van der Waals surface area (Å²) in [5, 5.41) is 10.2. The smallest absolute Gasteiger partial charge is 0.279 e. The molecule has 0 fully saturated rings. The zero-order valence-corrected chi connectivity index (χ0v) is 19.4. The van der Waals surface area contributed by atoms with Crippen LogP contribution in [0.15, 0.2) is 65.5 Å². The van der Waals surface area contributed by atoms with Crippen molar-refractivity contribution in [3.63, 3.8) is 0 Å². The number of hydrogen-bond acceptors (Lipinski definition) is 7. The second kappa shape index (κ2) is 10.0. The summed E-state index contributed by atoms with van der Waals surface area (Å²) >= 11 is 0. The van der Waals surface area contributed by atoms with Crippen molar-refractivity contribution in [1.29, 1.82) is 0 Å². The lowest BCUT2D eigenvalue weighted by Crippen LogP contribution is -2.35. The highest BCUT2D eigenvalue weighted by molar-refractivity contribution is 6.06. The van der Waals surface area contributed by atoms with Gasteiger partial charge in [0.2, 0.25) is 5.91 Å². The van der Waals surface area contributed by atoms with E-state index in [9.17, 15) is 14.4 Å². The number of ether oxygens (including phenoxy) is 2. The molecule has 2 N–H and O–H groups in total.